The van der Waals surface area contributed by atoms with E-state index in [1.54, 1.807) is 19.1 Å². The van der Waals surface area contributed by atoms with Gasteiger partial charge in [-0.05, 0) is 50.3 Å². The Balaban J connectivity index is 0.000000412. The van der Waals surface area contributed by atoms with Crippen molar-refractivity contribution in [2.24, 2.45) is 5.73 Å². The molecule has 168 valence electrons. The number of ether oxygens (including phenoxy) is 2. The second-order valence-electron chi connectivity index (χ2n) is 7.50. The number of halogens is 1. The maximum atomic E-state index is 13.2. The average Bonchev–Trinajstić information content (AvgIpc) is 3.19. The van der Waals surface area contributed by atoms with Crippen LogP contribution < -0.4 is 5.73 Å². The average molecular weight is 431 g/mol. The van der Waals surface area contributed by atoms with Crippen molar-refractivity contribution in [3.63, 3.8) is 0 Å². The van der Waals surface area contributed by atoms with Gasteiger partial charge < -0.3 is 15.2 Å². The molecule has 1 heterocycles. The second kappa shape index (κ2) is 12.8. The fraction of sp³-hybridized carbons (Fsp3) is 0.417. The SMILES string of the molecule is Cc1cc(COCCCCC(N)C(=O)N2CCOC2=O)ccc1F.Cc1ccccc1. The largest absolute Gasteiger partial charge is 0.447 e. The number of rotatable bonds is 8. The van der Waals surface area contributed by atoms with Crippen LogP contribution in [0.4, 0.5) is 9.18 Å². The van der Waals surface area contributed by atoms with E-state index in [4.69, 9.17) is 15.2 Å². The molecule has 1 fully saturated rings. The quantitative estimate of drug-likeness (QED) is 0.637. The molecular weight excluding hydrogens is 399 g/mol. The van der Waals surface area contributed by atoms with E-state index in [2.05, 4.69) is 19.1 Å². The lowest BCUT2D eigenvalue weighted by Gasteiger charge is -2.16. The molecule has 31 heavy (non-hydrogen) atoms. The van der Waals surface area contributed by atoms with Crippen LogP contribution in [0.15, 0.2) is 48.5 Å². The summed E-state index contributed by atoms with van der Waals surface area (Å²) in [5.74, 6) is -0.612. The molecule has 1 unspecified atom stereocenters. The summed E-state index contributed by atoms with van der Waals surface area (Å²) >= 11 is 0. The van der Waals surface area contributed by atoms with Gasteiger partial charge in [0, 0.05) is 6.61 Å². The summed E-state index contributed by atoms with van der Waals surface area (Å²) in [7, 11) is 0. The van der Waals surface area contributed by atoms with Crippen molar-refractivity contribution in [3.05, 3.63) is 71.0 Å². The van der Waals surface area contributed by atoms with Gasteiger partial charge in [0.1, 0.15) is 12.4 Å². The van der Waals surface area contributed by atoms with Crippen LogP contribution in [0, 0.1) is 19.7 Å². The fourth-order valence-corrected chi connectivity index (χ4v) is 3.01. The minimum atomic E-state index is -0.699. The normalized spacial score (nSPS) is 13.9. The Hall–Kier alpha value is -2.77. The van der Waals surface area contributed by atoms with Gasteiger partial charge in [-0.15, -0.1) is 0 Å². The molecule has 2 amide bonds. The molecule has 7 heteroatoms. The predicted molar refractivity (Wildman–Crippen MR) is 117 cm³/mol. The molecule has 1 aliphatic rings. The molecule has 6 nitrogen and oxygen atoms in total. The summed E-state index contributed by atoms with van der Waals surface area (Å²) in [5, 5.41) is 0. The summed E-state index contributed by atoms with van der Waals surface area (Å²) in [6.45, 7) is 5.25. The monoisotopic (exact) mass is 430 g/mol. The molecule has 1 saturated heterocycles. The standard InChI is InChI=1S/C17H23FN2O4.C7H8/c1-12-10-13(5-6-14(12)18)11-23-8-3-2-4-15(19)16(21)20-7-9-24-17(20)22;1-7-5-3-2-4-6-7/h5-6,10,15H,2-4,7-9,11,19H2,1H3;2-6H,1H3. The minimum absolute atomic E-state index is 0.223. The first kappa shape index (κ1) is 24.5. The van der Waals surface area contributed by atoms with Crippen LogP contribution >= 0.6 is 0 Å². The van der Waals surface area contributed by atoms with Crippen LogP contribution in [0.5, 0.6) is 0 Å². The smallest absolute Gasteiger partial charge is 0.416 e. The first-order valence-corrected chi connectivity index (χ1v) is 10.5. The molecule has 1 aliphatic heterocycles. The molecule has 0 aliphatic carbocycles. The zero-order chi connectivity index (χ0) is 22.6. The zero-order valence-electron chi connectivity index (χ0n) is 18.2. The Morgan fingerprint density at radius 2 is 1.94 bits per heavy atom. The molecule has 0 bridgehead atoms. The van der Waals surface area contributed by atoms with Crippen LogP contribution in [0.1, 0.15) is 36.0 Å². The lowest BCUT2D eigenvalue weighted by atomic mass is 10.1. The van der Waals surface area contributed by atoms with Crippen molar-refractivity contribution in [1.82, 2.24) is 4.90 Å². The molecule has 0 aromatic heterocycles. The number of carbonyl (C=O) groups is 2. The van der Waals surface area contributed by atoms with Crippen LogP contribution in [0.2, 0.25) is 0 Å². The Morgan fingerprint density at radius 1 is 1.19 bits per heavy atom. The molecule has 2 aromatic rings. The van der Waals surface area contributed by atoms with E-state index in [0.29, 0.717) is 25.2 Å². The van der Waals surface area contributed by atoms with E-state index < -0.39 is 12.1 Å². The molecule has 1 atom stereocenters. The summed E-state index contributed by atoms with van der Waals surface area (Å²) in [5.41, 5.74) is 8.66. The number of nitrogens with zero attached hydrogens (tertiary/aromatic N) is 1. The molecule has 0 radical (unpaired) electrons. The predicted octanol–water partition coefficient (Wildman–Crippen LogP) is 4.12. The van der Waals surface area contributed by atoms with E-state index in [1.165, 1.54) is 11.6 Å². The van der Waals surface area contributed by atoms with Crippen LogP contribution in [-0.4, -0.2) is 42.7 Å². The minimum Gasteiger partial charge on any atom is -0.447 e. The highest BCUT2D eigenvalue weighted by Crippen LogP contribution is 2.11. The molecule has 2 N–H and O–H groups in total. The maximum Gasteiger partial charge on any atom is 0.416 e. The van der Waals surface area contributed by atoms with Crippen LogP contribution in [0.3, 0.4) is 0 Å². The highest BCUT2D eigenvalue weighted by molar-refractivity contribution is 5.95. The van der Waals surface area contributed by atoms with E-state index in [9.17, 15) is 14.0 Å². The third-order valence-corrected chi connectivity index (χ3v) is 4.83. The van der Waals surface area contributed by atoms with Gasteiger partial charge in [-0.25, -0.2) is 14.1 Å². The van der Waals surface area contributed by atoms with E-state index in [1.807, 2.05) is 18.2 Å². The number of hydrogen-bond acceptors (Lipinski definition) is 5. The van der Waals surface area contributed by atoms with Crippen LogP contribution in [-0.2, 0) is 20.9 Å². The number of nitrogens with two attached hydrogens (primary N) is 1. The Bertz CT molecular complexity index is 845. The Kier molecular flexibility index (Phi) is 10.1. The first-order chi connectivity index (χ1) is 14.9. The number of aryl methyl sites for hydroxylation is 2. The van der Waals surface area contributed by atoms with Gasteiger partial charge in [-0.1, -0.05) is 48.0 Å². The summed E-state index contributed by atoms with van der Waals surface area (Å²) in [4.78, 5) is 24.3. The van der Waals surface area contributed by atoms with Gasteiger partial charge in [0.15, 0.2) is 0 Å². The van der Waals surface area contributed by atoms with Crippen molar-refractivity contribution in [1.29, 1.82) is 0 Å². The maximum absolute atomic E-state index is 13.2. The fourth-order valence-electron chi connectivity index (χ4n) is 3.01. The third-order valence-electron chi connectivity index (χ3n) is 4.83. The van der Waals surface area contributed by atoms with E-state index >= 15 is 0 Å². The molecular formula is C24H31FN2O4. The van der Waals surface area contributed by atoms with Gasteiger partial charge in [-0.2, -0.15) is 0 Å². The molecule has 0 spiro atoms. The Labute approximate surface area is 183 Å². The van der Waals surface area contributed by atoms with E-state index in [-0.39, 0.29) is 24.9 Å². The number of unbranched alkanes of at least 4 members (excludes halogenated alkanes) is 1. The van der Waals surface area contributed by atoms with Crippen molar-refractivity contribution >= 4 is 12.0 Å². The van der Waals surface area contributed by atoms with Crippen molar-refractivity contribution in [3.8, 4) is 0 Å². The summed E-state index contributed by atoms with van der Waals surface area (Å²) in [6, 6.07) is 14.5. The Morgan fingerprint density at radius 3 is 2.52 bits per heavy atom. The highest BCUT2D eigenvalue weighted by atomic mass is 19.1. The molecule has 0 saturated carbocycles. The number of imide groups is 1. The zero-order valence-corrected chi connectivity index (χ0v) is 18.2. The highest BCUT2D eigenvalue weighted by Gasteiger charge is 2.31. The topological polar surface area (TPSA) is 81.9 Å². The molecule has 2 aromatic carbocycles. The number of hydrogen-bond donors (Lipinski definition) is 1. The van der Waals surface area contributed by atoms with Gasteiger partial charge in [0.2, 0.25) is 5.91 Å². The summed E-state index contributed by atoms with van der Waals surface area (Å²) in [6.07, 6.45) is 1.35. The lowest BCUT2D eigenvalue weighted by molar-refractivity contribution is -0.129. The molecule has 3 rings (SSSR count). The summed E-state index contributed by atoms with van der Waals surface area (Å²) < 4.78 is 23.4. The first-order valence-electron chi connectivity index (χ1n) is 10.5. The van der Waals surface area contributed by atoms with E-state index in [0.717, 1.165) is 23.3 Å². The second-order valence-corrected chi connectivity index (χ2v) is 7.50. The van der Waals surface area contributed by atoms with Gasteiger partial charge in [0.25, 0.3) is 0 Å². The lowest BCUT2D eigenvalue weighted by Crippen LogP contribution is -2.44. The number of benzene rings is 2. The van der Waals surface area contributed by atoms with Gasteiger partial charge in [-0.3, -0.25) is 4.79 Å². The third kappa shape index (κ3) is 8.47. The van der Waals surface area contributed by atoms with Crippen molar-refractivity contribution in [2.45, 2.75) is 45.8 Å². The number of carbonyl (C=O) groups excluding carboxylic acids is 2. The number of amides is 2. The number of cyclic esters (lactones) is 1. The van der Waals surface area contributed by atoms with Gasteiger partial charge in [0.05, 0.1) is 19.2 Å². The van der Waals surface area contributed by atoms with Crippen LogP contribution in [0.25, 0.3) is 0 Å². The van der Waals surface area contributed by atoms with Gasteiger partial charge >= 0.3 is 6.09 Å². The van der Waals surface area contributed by atoms with Crippen molar-refractivity contribution < 1.29 is 23.5 Å². The van der Waals surface area contributed by atoms with Crippen molar-refractivity contribution in [2.75, 3.05) is 19.8 Å².